The van der Waals surface area contributed by atoms with Gasteiger partial charge in [-0.2, -0.15) is 0 Å². The van der Waals surface area contributed by atoms with E-state index in [-0.39, 0.29) is 142 Å². The van der Waals surface area contributed by atoms with Gasteiger partial charge in [0.15, 0.2) is 0 Å². The number of rotatable bonds is 0. The van der Waals surface area contributed by atoms with Gasteiger partial charge in [-0.1, -0.05) is 500 Å². The zero-order chi connectivity index (χ0) is 114. The second-order valence-electron chi connectivity index (χ2n) is 41.1. The first-order valence-electron chi connectivity index (χ1n) is 51.4. The van der Waals surface area contributed by atoms with Gasteiger partial charge in [0.25, 0.3) is 0 Å². The topological polar surface area (TPSA) is 277 Å². The Morgan fingerprint density at radius 3 is 0.270 bits per heavy atom. The summed E-state index contributed by atoms with van der Waals surface area (Å²) in [6, 6.07) is 9.11. The predicted molar refractivity (Wildman–Crippen MR) is 482 cm³/mol. The summed E-state index contributed by atoms with van der Waals surface area (Å²) in [5.74, 6) is -4.51. The molecule has 14 heteroatoms. The Hall–Kier alpha value is -8.82. The molecule has 0 aliphatic rings. The van der Waals surface area contributed by atoms with Crippen molar-refractivity contribution in [3.8, 4) is 69.0 Å². The van der Waals surface area contributed by atoms with Crippen LogP contribution in [0.5, 0.6) is 69.0 Å². The molecule has 0 radical (unpaired) electrons. The van der Waals surface area contributed by atoms with Gasteiger partial charge in [0.05, 0.1) is 32.9 Å². The van der Waals surface area contributed by atoms with E-state index in [0.717, 1.165) is 33.4 Å². The van der Waals surface area contributed by atoms with Crippen molar-refractivity contribution < 1.29 is 136 Å². The third-order valence-electron chi connectivity index (χ3n) is 17.9. The summed E-state index contributed by atoms with van der Waals surface area (Å²) in [4.78, 5) is 0. The van der Waals surface area contributed by atoms with Crippen molar-refractivity contribution in [2.45, 2.75) is 314 Å². The third-order valence-corrected chi connectivity index (χ3v) is 17.9. The summed E-state index contributed by atoms with van der Waals surface area (Å²) in [6.45, 7) is 71.9. The molecule has 10 rings (SSSR count). The van der Waals surface area contributed by atoms with E-state index in [1.165, 1.54) is 36.4 Å². The van der Waals surface area contributed by atoms with Crippen molar-refractivity contribution in [3.05, 3.63) is 285 Å². The fraction of sp³-hybridized carbons (Fsp3) is 0.444. The van der Waals surface area contributed by atoms with Gasteiger partial charge in [-0.05, 0) is 98.4 Å². The van der Waals surface area contributed by atoms with Crippen molar-refractivity contribution in [3.63, 3.8) is 0 Å². The Labute approximate surface area is 800 Å². The Bertz CT molecular complexity index is 4920. The molecule has 0 bridgehead atoms. The van der Waals surface area contributed by atoms with Gasteiger partial charge in [0.1, 0.15) is 0 Å². The smallest absolute Gasteiger partial charge is 0.0623 e. The minimum atomic E-state index is -0.457. The van der Waals surface area contributed by atoms with Crippen LogP contribution < -0.4 is 61.3 Å². The third kappa shape index (κ3) is 40.2. The number of hydrogen-bond donors (Lipinski definition) is 0. The van der Waals surface area contributed by atoms with E-state index in [4.69, 9.17) is 32.9 Å². The Balaban J connectivity index is 0. The monoisotopic (exact) mass is 1850 g/mol. The number of hydrogen-bond acceptors (Lipinski definition) is 12. The largest absolute Gasteiger partial charge is 0.873 e. The van der Waals surface area contributed by atoms with Crippen LogP contribution in [0.3, 0.4) is 0 Å². The van der Waals surface area contributed by atoms with Gasteiger partial charge in [-0.25, -0.2) is 0 Å². The van der Waals surface area contributed by atoms with E-state index < -0.39 is 180 Å². The molecule has 10 aromatic carbocycles. The summed E-state index contributed by atoms with van der Waals surface area (Å²) < 4.78 is 171. The zero-order valence-electron chi connectivity index (χ0n) is 103. The van der Waals surface area contributed by atoms with E-state index in [1.807, 2.05) is 286 Å². The molecule has 0 fully saturated rings. The number of benzene rings is 10. The molecule has 0 amide bonds. The van der Waals surface area contributed by atoms with Gasteiger partial charge >= 0.3 is 0 Å². The SMILES string of the molecule is CC(C)(C)c1cc([O-])c([O-])c(C(C)(C)C)c1.CC(C)(C)c1cc([O-])c([O-])c(C(C)(C)C)c1.CC(C)(C)c1cc([O-])c([O-])c(C(C)(C)C)c1.CC(C)(C)c1cc([O-])c([O-])c(C(C)(C)C)c1.CC(C)(C)c1cc([O-])c([O-])c(C(C)(C)C)c1.CC(C)(C)c1cc([O-])c([O-])c(C(C)(C)C)c1.[2H]c1c([2H])c([2H])c([2H])c([2H])c1[2H].[2H]c1c([2H])c([2H])c([2H])c([2H])c1[2H].[2H]c1c([2H])c([2H])c([2H])c([2H])c1[2H].[2H]c1c([2H])c([2H])c([2H])c([2H])c1[2H].[Mo].[Mo]. The van der Waals surface area contributed by atoms with E-state index in [2.05, 4.69) is 0 Å². The van der Waals surface area contributed by atoms with Crippen molar-refractivity contribution >= 4 is 0 Å². The van der Waals surface area contributed by atoms with Crippen LogP contribution in [0.2, 0.25) is 0 Å². The normalized spacial score (nSPS) is 14.5. The summed E-state index contributed by atoms with van der Waals surface area (Å²) in [7, 11) is 0. The van der Waals surface area contributed by atoms with Crippen LogP contribution in [-0.2, 0) is 107 Å². The van der Waals surface area contributed by atoms with Crippen molar-refractivity contribution in [2.75, 3.05) is 0 Å². The van der Waals surface area contributed by atoms with Crippen LogP contribution in [0.25, 0.3) is 0 Å². The second kappa shape index (κ2) is 47.3. The molecule has 0 aromatic heterocycles. The molecule has 0 aliphatic heterocycles. The van der Waals surface area contributed by atoms with Crippen LogP contribution in [0.15, 0.2) is 218 Å². The fourth-order valence-corrected chi connectivity index (χ4v) is 10.3. The van der Waals surface area contributed by atoms with Crippen molar-refractivity contribution in [2.24, 2.45) is 0 Å². The Morgan fingerprint density at radius 1 is 0.139 bits per heavy atom. The van der Waals surface area contributed by atoms with E-state index in [1.54, 1.807) is 0 Å². The quantitative estimate of drug-likeness (QED) is 0.128. The molecular weight excluding hydrogens is 1680 g/mol. The molecule has 0 unspecified atom stereocenters. The molecule has 0 N–H and O–H groups in total. The van der Waals surface area contributed by atoms with Crippen LogP contribution >= 0.6 is 0 Å². The molecule has 0 aliphatic carbocycles. The molecule has 0 saturated heterocycles. The average Bonchev–Trinajstić information content (AvgIpc) is 0.790. The van der Waals surface area contributed by atoms with E-state index >= 15 is 0 Å². The maximum absolute atomic E-state index is 11.8. The summed E-state index contributed by atoms with van der Waals surface area (Å²) >= 11 is 0. The second-order valence-corrected chi connectivity index (χ2v) is 41.1. The van der Waals surface area contributed by atoms with E-state index in [9.17, 15) is 61.3 Å². The minimum absolute atomic E-state index is 0. The first kappa shape index (κ1) is 77.9. The maximum Gasteiger partial charge on any atom is 0.0623 e. The van der Waals surface area contributed by atoms with Gasteiger partial charge in [0, 0.05) is 42.1 Å². The molecule has 0 spiro atoms. The first-order valence-corrected chi connectivity index (χ1v) is 39.4. The van der Waals surface area contributed by atoms with Gasteiger partial charge < -0.3 is 61.3 Å². The zero-order valence-corrected chi connectivity index (χ0v) is 82.7. The Kier molecular flexibility index (Phi) is 30.2. The first-order chi connectivity index (χ1) is 64.0. The fourth-order valence-electron chi connectivity index (χ4n) is 10.3. The van der Waals surface area contributed by atoms with Gasteiger partial charge in [0.2, 0.25) is 0 Å². The molecule has 10 aromatic rings. The van der Waals surface area contributed by atoms with E-state index in [0.29, 0.717) is 33.4 Å². The van der Waals surface area contributed by atoms with Gasteiger partial charge in [-0.15, -0.1) is 69.0 Å². The molecule has 0 atom stereocenters. The van der Waals surface area contributed by atoms with Crippen molar-refractivity contribution in [1.29, 1.82) is 0 Å². The molecule has 672 valence electrons. The molecular formula is C108H144Mo2O12-12. The van der Waals surface area contributed by atoms with Crippen LogP contribution in [0.1, 0.15) is 349 Å². The van der Waals surface area contributed by atoms with Gasteiger partial charge in [-0.3, -0.25) is 0 Å². The minimum Gasteiger partial charge on any atom is -0.873 e. The van der Waals surface area contributed by atoms with Crippen molar-refractivity contribution in [1.82, 2.24) is 0 Å². The molecule has 122 heavy (non-hydrogen) atoms. The van der Waals surface area contributed by atoms with Crippen LogP contribution in [-0.4, -0.2) is 0 Å². The molecule has 12 nitrogen and oxygen atoms in total. The standard InChI is InChI=1S/6C14H22O2.4C6H6.2Mo/c6*1-13(2,3)9-7-10(14(4,5)6)12(16)11(15)8-9;4*1-2-4-6-5-3-1;;/h6*7-8,15-16H,1-6H3;4*1-6H;;/p-12/i;;;;;;4*1D,2D,3D,4D,5D,6D;;. The molecule has 0 heterocycles. The van der Waals surface area contributed by atoms with Crippen LogP contribution in [0.4, 0.5) is 0 Å². The molecule has 0 saturated carbocycles. The summed E-state index contributed by atoms with van der Waals surface area (Å²) in [5.41, 5.74) is 6.98. The Morgan fingerprint density at radius 2 is 0.213 bits per heavy atom. The maximum atomic E-state index is 11.8. The average molecular weight is 1850 g/mol. The summed E-state index contributed by atoms with van der Waals surface area (Å²) in [5, 5.41) is 141. The predicted octanol–water partition coefficient (Wildman–Crippen LogP) is 21.3. The summed E-state index contributed by atoms with van der Waals surface area (Å²) in [6.07, 6.45) is 0. The van der Waals surface area contributed by atoms with Crippen LogP contribution in [0, 0.1) is 0 Å².